The van der Waals surface area contributed by atoms with Crippen molar-refractivity contribution in [2.75, 3.05) is 37.3 Å². The van der Waals surface area contributed by atoms with Crippen LogP contribution in [0.2, 0.25) is 0 Å². The summed E-state index contributed by atoms with van der Waals surface area (Å²) in [5.41, 5.74) is 4.09. The Labute approximate surface area is 205 Å². The minimum absolute atomic E-state index is 0.203. The maximum Gasteiger partial charge on any atom is 0.306 e. The van der Waals surface area contributed by atoms with Crippen LogP contribution in [0.5, 0.6) is 5.75 Å². The fourth-order valence-electron chi connectivity index (χ4n) is 3.79. The molecule has 10 heteroatoms. The van der Waals surface area contributed by atoms with E-state index >= 15 is 0 Å². The average molecular weight is 504 g/mol. The summed E-state index contributed by atoms with van der Waals surface area (Å²) < 4.78 is 36.0. The third-order valence-corrected chi connectivity index (χ3v) is 6.08. The van der Waals surface area contributed by atoms with Crippen molar-refractivity contribution in [3.8, 4) is 5.75 Å². The molecule has 4 N–H and O–H groups in total. The second kappa shape index (κ2) is 12.1. The van der Waals surface area contributed by atoms with Crippen LogP contribution in [0.25, 0.3) is 10.9 Å². The quantitative estimate of drug-likeness (QED) is 0.208. The summed E-state index contributed by atoms with van der Waals surface area (Å²) in [6.45, 7) is 5.43. The zero-order valence-corrected chi connectivity index (χ0v) is 21.1. The first kappa shape index (κ1) is 26.5. The van der Waals surface area contributed by atoms with Gasteiger partial charge in [-0.1, -0.05) is 12.1 Å². The molecular formula is C25H33N3O6S. The molecule has 3 rings (SSSR count). The largest absolute Gasteiger partial charge is 0.492 e. The predicted molar refractivity (Wildman–Crippen MR) is 136 cm³/mol. The lowest BCUT2D eigenvalue weighted by Crippen LogP contribution is -2.26. The second-order valence-electron chi connectivity index (χ2n) is 8.31. The molecule has 0 fully saturated rings. The molecule has 0 amide bonds. The molecular weight excluding hydrogens is 470 g/mol. The third-order valence-electron chi connectivity index (χ3n) is 5.48. The smallest absolute Gasteiger partial charge is 0.306 e. The van der Waals surface area contributed by atoms with Gasteiger partial charge in [-0.3, -0.25) is 9.52 Å². The number of carbonyl (C=O) groups is 1. The molecule has 0 bridgehead atoms. The van der Waals surface area contributed by atoms with Gasteiger partial charge in [-0.05, 0) is 55.7 Å². The number of fused-ring (bicyclic) bond motifs is 1. The van der Waals surface area contributed by atoms with Crippen molar-refractivity contribution in [2.24, 2.45) is 0 Å². The Kier molecular flexibility index (Phi) is 9.13. The molecule has 2 aromatic carbocycles. The van der Waals surface area contributed by atoms with E-state index in [0.717, 1.165) is 34.2 Å². The third kappa shape index (κ3) is 7.98. The first-order valence-corrected chi connectivity index (χ1v) is 13.4. The Balaban J connectivity index is 1.47. The van der Waals surface area contributed by atoms with Gasteiger partial charge in [0.15, 0.2) is 0 Å². The number of benzene rings is 2. The van der Waals surface area contributed by atoms with E-state index in [4.69, 9.17) is 9.47 Å². The zero-order chi connectivity index (χ0) is 25.4. The monoisotopic (exact) mass is 503 g/mol. The van der Waals surface area contributed by atoms with Gasteiger partial charge >= 0.3 is 5.97 Å². The van der Waals surface area contributed by atoms with Crippen LogP contribution >= 0.6 is 0 Å². The standard InChI is InChI=1S/C25H33N3O6S/c1-4-33-25(30)11-10-22-17(2)21-9-8-20(15-23(21)27-22)34-13-12-26-16-24(29)18-6-5-7-19(14-18)28-35(3,31)32/h5-9,14-15,24,26-29H,4,10-13,16H2,1-3H3. The number of aliphatic hydroxyl groups is 1. The number of aromatic amines is 1. The number of aryl methyl sites for hydroxylation is 2. The van der Waals surface area contributed by atoms with Crippen LogP contribution in [0, 0.1) is 6.92 Å². The summed E-state index contributed by atoms with van der Waals surface area (Å²) in [7, 11) is -3.38. The highest BCUT2D eigenvalue weighted by Gasteiger charge is 2.12. The van der Waals surface area contributed by atoms with Gasteiger partial charge < -0.3 is 24.9 Å². The number of aromatic nitrogens is 1. The Hall–Kier alpha value is -3.08. The molecule has 0 aliphatic heterocycles. The van der Waals surface area contributed by atoms with Crippen LogP contribution in [0.1, 0.15) is 36.3 Å². The number of hydrogen-bond donors (Lipinski definition) is 4. The van der Waals surface area contributed by atoms with Crippen molar-refractivity contribution >= 4 is 32.6 Å². The van der Waals surface area contributed by atoms with E-state index in [9.17, 15) is 18.3 Å². The van der Waals surface area contributed by atoms with Crippen LogP contribution in [0.4, 0.5) is 5.69 Å². The maximum atomic E-state index is 11.7. The zero-order valence-electron chi connectivity index (χ0n) is 20.3. The minimum atomic E-state index is -3.38. The molecule has 0 spiro atoms. The molecule has 9 nitrogen and oxygen atoms in total. The van der Waals surface area contributed by atoms with Crippen molar-refractivity contribution in [3.05, 3.63) is 59.3 Å². The van der Waals surface area contributed by atoms with E-state index in [-0.39, 0.29) is 5.97 Å². The highest BCUT2D eigenvalue weighted by Crippen LogP contribution is 2.26. The molecule has 1 heterocycles. The van der Waals surface area contributed by atoms with Gasteiger partial charge in [0.25, 0.3) is 0 Å². The van der Waals surface area contributed by atoms with E-state index in [1.54, 1.807) is 31.2 Å². The average Bonchev–Trinajstić information content (AvgIpc) is 3.11. The highest BCUT2D eigenvalue weighted by molar-refractivity contribution is 7.92. The van der Waals surface area contributed by atoms with Gasteiger partial charge in [0.05, 0.1) is 25.4 Å². The maximum absolute atomic E-state index is 11.7. The lowest BCUT2D eigenvalue weighted by Gasteiger charge is -2.14. The lowest BCUT2D eigenvalue weighted by molar-refractivity contribution is -0.143. The fourth-order valence-corrected chi connectivity index (χ4v) is 4.35. The molecule has 190 valence electrons. The van der Waals surface area contributed by atoms with Gasteiger partial charge in [0, 0.05) is 41.4 Å². The van der Waals surface area contributed by atoms with Crippen LogP contribution in [-0.2, 0) is 26.0 Å². The lowest BCUT2D eigenvalue weighted by atomic mass is 10.1. The number of esters is 1. The summed E-state index contributed by atoms with van der Waals surface area (Å²) in [4.78, 5) is 15.0. The molecule has 3 aromatic rings. The molecule has 0 saturated carbocycles. The van der Waals surface area contributed by atoms with E-state index in [1.165, 1.54) is 0 Å². The Bertz CT molecular complexity index is 1260. The van der Waals surface area contributed by atoms with Gasteiger partial charge in [0.1, 0.15) is 12.4 Å². The van der Waals surface area contributed by atoms with Gasteiger partial charge in [-0.2, -0.15) is 0 Å². The van der Waals surface area contributed by atoms with E-state index in [0.29, 0.717) is 50.4 Å². The first-order valence-electron chi connectivity index (χ1n) is 11.5. The summed E-state index contributed by atoms with van der Waals surface area (Å²) in [6.07, 6.45) is 1.22. The Morgan fingerprint density at radius 1 is 1.20 bits per heavy atom. The number of H-pyrrole nitrogens is 1. The second-order valence-corrected chi connectivity index (χ2v) is 10.1. The summed E-state index contributed by atoms with van der Waals surface area (Å²) >= 11 is 0. The van der Waals surface area contributed by atoms with E-state index < -0.39 is 16.1 Å². The fraction of sp³-hybridized carbons (Fsp3) is 0.400. The first-order chi connectivity index (χ1) is 16.7. The van der Waals surface area contributed by atoms with Crippen molar-refractivity contribution in [3.63, 3.8) is 0 Å². The number of aliphatic hydroxyl groups excluding tert-OH is 1. The molecule has 35 heavy (non-hydrogen) atoms. The van der Waals surface area contributed by atoms with Gasteiger partial charge in [-0.15, -0.1) is 0 Å². The van der Waals surface area contributed by atoms with E-state index in [2.05, 4.69) is 15.0 Å². The van der Waals surface area contributed by atoms with E-state index in [1.807, 2.05) is 25.1 Å². The predicted octanol–water partition coefficient (Wildman–Crippen LogP) is 3.05. The number of nitrogens with one attached hydrogen (secondary N) is 3. The summed E-state index contributed by atoms with van der Waals surface area (Å²) in [6, 6.07) is 12.5. The van der Waals surface area contributed by atoms with Crippen molar-refractivity contribution in [1.82, 2.24) is 10.3 Å². The number of ether oxygens (including phenoxy) is 2. The van der Waals surface area contributed by atoms with Gasteiger partial charge in [-0.25, -0.2) is 8.42 Å². The Morgan fingerprint density at radius 2 is 2.00 bits per heavy atom. The molecule has 0 aliphatic rings. The molecule has 0 radical (unpaired) electrons. The van der Waals surface area contributed by atoms with Crippen molar-refractivity contribution in [2.45, 2.75) is 32.8 Å². The molecule has 0 saturated heterocycles. The number of anilines is 1. The number of hydrogen-bond acceptors (Lipinski definition) is 7. The molecule has 0 aliphatic carbocycles. The number of carbonyl (C=O) groups excluding carboxylic acids is 1. The van der Waals surface area contributed by atoms with Crippen LogP contribution in [0.15, 0.2) is 42.5 Å². The molecule has 1 atom stereocenters. The summed E-state index contributed by atoms with van der Waals surface area (Å²) in [5.74, 6) is 0.517. The molecule has 1 aromatic heterocycles. The molecule has 1 unspecified atom stereocenters. The van der Waals surface area contributed by atoms with Crippen molar-refractivity contribution in [1.29, 1.82) is 0 Å². The topological polar surface area (TPSA) is 130 Å². The minimum Gasteiger partial charge on any atom is -0.492 e. The van der Waals surface area contributed by atoms with Crippen LogP contribution in [-0.4, -0.2) is 57.0 Å². The highest BCUT2D eigenvalue weighted by atomic mass is 32.2. The number of rotatable bonds is 13. The SMILES string of the molecule is CCOC(=O)CCc1[nH]c2cc(OCCNCC(O)c3cccc(NS(C)(=O)=O)c3)ccc2c1C. The summed E-state index contributed by atoms with van der Waals surface area (Å²) in [5, 5.41) is 14.6. The van der Waals surface area contributed by atoms with Gasteiger partial charge in [0.2, 0.25) is 10.0 Å². The number of sulfonamides is 1. The Morgan fingerprint density at radius 3 is 2.74 bits per heavy atom. The van der Waals surface area contributed by atoms with Crippen LogP contribution < -0.4 is 14.8 Å². The van der Waals surface area contributed by atoms with Crippen molar-refractivity contribution < 1.29 is 27.8 Å². The normalized spacial score (nSPS) is 12.5. The van der Waals surface area contributed by atoms with Crippen LogP contribution in [0.3, 0.4) is 0 Å².